The van der Waals surface area contributed by atoms with E-state index in [9.17, 15) is 10.1 Å². The predicted molar refractivity (Wildman–Crippen MR) is 101 cm³/mol. The molecule has 0 amide bonds. The van der Waals surface area contributed by atoms with Crippen LogP contribution in [0.1, 0.15) is 26.2 Å². The summed E-state index contributed by atoms with van der Waals surface area (Å²) in [5.41, 5.74) is 1.87. The fraction of sp³-hybridized carbons (Fsp3) is 0.333. The summed E-state index contributed by atoms with van der Waals surface area (Å²) >= 11 is 1.53. The van der Waals surface area contributed by atoms with Gasteiger partial charge in [-0.25, -0.2) is 4.68 Å². The van der Waals surface area contributed by atoms with Crippen LogP contribution in [0.5, 0.6) is 0 Å². The Morgan fingerprint density at radius 3 is 2.80 bits per heavy atom. The van der Waals surface area contributed by atoms with E-state index in [4.69, 9.17) is 0 Å². The summed E-state index contributed by atoms with van der Waals surface area (Å²) in [4.78, 5) is 15.8. The van der Waals surface area contributed by atoms with Crippen LogP contribution in [0.2, 0.25) is 0 Å². The second-order valence-corrected chi connectivity index (χ2v) is 6.64. The topological polar surface area (TPSA) is 72.8 Å². The molecule has 0 bridgehead atoms. The molecule has 1 aliphatic rings. The molecule has 25 heavy (non-hydrogen) atoms. The Morgan fingerprint density at radius 1 is 1.36 bits per heavy atom. The number of nitro benzene ring substituents is 1. The van der Waals surface area contributed by atoms with Crippen LogP contribution in [-0.2, 0) is 0 Å². The zero-order valence-electron chi connectivity index (χ0n) is 14.0. The summed E-state index contributed by atoms with van der Waals surface area (Å²) in [6.07, 6.45) is 9.63. The first-order valence-corrected chi connectivity index (χ1v) is 9.22. The lowest BCUT2D eigenvalue weighted by atomic mass is 9.96. The first-order chi connectivity index (χ1) is 12.2. The van der Waals surface area contributed by atoms with E-state index in [1.807, 2.05) is 23.2 Å². The number of thiazole rings is 1. The van der Waals surface area contributed by atoms with Crippen LogP contribution in [0.25, 0.3) is 11.3 Å². The van der Waals surface area contributed by atoms with Gasteiger partial charge in [-0.2, -0.15) is 5.10 Å². The van der Waals surface area contributed by atoms with E-state index >= 15 is 0 Å². The highest BCUT2D eigenvalue weighted by Crippen LogP contribution is 2.23. The molecule has 7 heteroatoms. The van der Waals surface area contributed by atoms with Crippen LogP contribution in [0.3, 0.4) is 0 Å². The standard InChI is InChI=1S/C18H20N4O2S/c1-2-19-18-21(20-12-14-6-4-3-5-7-14)17(13-25-18)15-8-10-16(11-9-15)22(23)24/h3-4,8-14H,2,5-7H2,1H3. The molecule has 1 aromatic carbocycles. The number of nitrogens with zero attached hydrogens (tertiary/aromatic N) is 4. The molecule has 1 aromatic heterocycles. The van der Waals surface area contributed by atoms with Crippen molar-refractivity contribution in [2.75, 3.05) is 6.54 Å². The second kappa shape index (κ2) is 8.02. The van der Waals surface area contributed by atoms with Crippen molar-refractivity contribution in [1.82, 2.24) is 4.68 Å². The fourth-order valence-electron chi connectivity index (χ4n) is 2.72. The van der Waals surface area contributed by atoms with Crippen molar-refractivity contribution in [1.29, 1.82) is 0 Å². The van der Waals surface area contributed by atoms with Gasteiger partial charge in [0.1, 0.15) is 0 Å². The van der Waals surface area contributed by atoms with Crippen LogP contribution >= 0.6 is 11.3 Å². The molecule has 0 radical (unpaired) electrons. The summed E-state index contributed by atoms with van der Waals surface area (Å²) in [5, 5.41) is 17.5. The highest BCUT2D eigenvalue weighted by Gasteiger charge is 2.11. The molecule has 2 aromatic rings. The number of hydrogen-bond acceptors (Lipinski definition) is 5. The Morgan fingerprint density at radius 2 is 2.16 bits per heavy atom. The lowest BCUT2D eigenvalue weighted by Crippen LogP contribution is -2.14. The third-order valence-electron chi connectivity index (χ3n) is 4.06. The van der Waals surface area contributed by atoms with Crippen molar-refractivity contribution in [2.24, 2.45) is 16.0 Å². The van der Waals surface area contributed by atoms with Crippen LogP contribution in [0, 0.1) is 16.0 Å². The van der Waals surface area contributed by atoms with Gasteiger partial charge in [-0.05, 0) is 44.2 Å². The van der Waals surface area contributed by atoms with E-state index in [-0.39, 0.29) is 5.69 Å². The largest absolute Gasteiger partial charge is 0.269 e. The Kier molecular flexibility index (Phi) is 5.55. The molecular weight excluding hydrogens is 336 g/mol. The molecule has 0 aliphatic heterocycles. The number of aromatic nitrogens is 1. The highest BCUT2D eigenvalue weighted by molar-refractivity contribution is 7.07. The second-order valence-electron chi connectivity index (χ2n) is 5.80. The van der Waals surface area contributed by atoms with Crippen LogP contribution < -0.4 is 4.80 Å². The molecule has 1 unspecified atom stereocenters. The predicted octanol–water partition coefficient (Wildman–Crippen LogP) is 4.24. The monoisotopic (exact) mass is 356 g/mol. The molecule has 130 valence electrons. The molecule has 3 rings (SSSR count). The molecule has 6 nitrogen and oxygen atoms in total. The maximum Gasteiger partial charge on any atom is 0.269 e. The van der Waals surface area contributed by atoms with Crippen molar-refractivity contribution in [3.8, 4) is 11.3 Å². The number of benzene rings is 1. The van der Waals surface area contributed by atoms with E-state index < -0.39 is 4.92 Å². The minimum absolute atomic E-state index is 0.0847. The summed E-state index contributed by atoms with van der Waals surface area (Å²) in [6.45, 7) is 2.67. The number of rotatable bonds is 5. The molecule has 0 N–H and O–H groups in total. The Bertz CT molecular complexity index is 862. The van der Waals surface area contributed by atoms with Gasteiger partial charge in [0, 0.05) is 35.8 Å². The Hall–Kier alpha value is -2.54. The number of non-ortho nitro benzene ring substituents is 1. The van der Waals surface area contributed by atoms with E-state index in [1.54, 1.807) is 12.1 Å². The van der Waals surface area contributed by atoms with E-state index in [1.165, 1.54) is 23.5 Å². The zero-order valence-corrected chi connectivity index (χ0v) is 14.9. The van der Waals surface area contributed by atoms with Crippen molar-refractivity contribution < 1.29 is 4.92 Å². The third-order valence-corrected chi connectivity index (χ3v) is 4.91. The molecule has 0 fully saturated rings. The molecule has 0 saturated carbocycles. The minimum atomic E-state index is -0.391. The molecule has 0 spiro atoms. The minimum Gasteiger partial charge on any atom is -0.258 e. The van der Waals surface area contributed by atoms with E-state index in [0.29, 0.717) is 12.5 Å². The highest BCUT2D eigenvalue weighted by atomic mass is 32.1. The van der Waals surface area contributed by atoms with Gasteiger partial charge < -0.3 is 0 Å². The van der Waals surface area contributed by atoms with E-state index in [2.05, 4.69) is 22.2 Å². The van der Waals surface area contributed by atoms with Crippen molar-refractivity contribution >= 4 is 23.2 Å². The molecular formula is C18H20N4O2S. The normalized spacial score (nSPS) is 18.1. The third kappa shape index (κ3) is 4.11. The van der Waals surface area contributed by atoms with Gasteiger partial charge in [-0.1, -0.05) is 12.2 Å². The van der Waals surface area contributed by atoms with Gasteiger partial charge in [0.25, 0.3) is 5.69 Å². The zero-order chi connectivity index (χ0) is 17.6. The lowest BCUT2D eigenvalue weighted by molar-refractivity contribution is -0.384. The van der Waals surface area contributed by atoms with Crippen LogP contribution in [-0.4, -0.2) is 22.4 Å². The van der Waals surface area contributed by atoms with Gasteiger partial charge in [0.05, 0.1) is 10.6 Å². The average molecular weight is 356 g/mol. The number of allylic oxidation sites excluding steroid dienone is 2. The van der Waals surface area contributed by atoms with Crippen LogP contribution in [0.4, 0.5) is 5.69 Å². The first kappa shape index (κ1) is 17.3. The fourth-order valence-corrected chi connectivity index (χ4v) is 3.62. The van der Waals surface area contributed by atoms with Crippen molar-refractivity contribution in [3.63, 3.8) is 0 Å². The van der Waals surface area contributed by atoms with Crippen LogP contribution in [0.15, 0.2) is 51.9 Å². The van der Waals surface area contributed by atoms with Gasteiger partial charge in [0.15, 0.2) is 0 Å². The molecule has 1 heterocycles. The van der Waals surface area contributed by atoms with Gasteiger partial charge in [-0.3, -0.25) is 15.1 Å². The first-order valence-electron chi connectivity index (χ1n) is 8.34. The molecule has 1 atom stereocenters. The SMILES string of the molecule is CCN=c1scc(-c2ccc([N+](=O)[O-])cc2)n1N=CC1CC=CCC1. The summed E-state index contributed by atoms with van der Waals surface area (Å²) in [7, 11) is 0. The molecule has 0 saturated heterocycles. The Balaban J connectivity index is 1.96. The quantitative estimate of drug-likeness (QED) is 0.348. The van der Waals surface area contributed by atoms with Gasteiger partial charge in [0.2, 0.25) is 4.80 Å². The van der Waals surface area contributed by atoms with Crippen molar-refractivity contribution in [3.05, 3.63) is 56.7 Å². The van der Waals surface area contributed by atoms with Crippen molar-refractivity contribution in [2.45, 2.75) is 26.2 Å². The van der Waals surface area contributed by atoms with Gasteiger partial charge in [-0.15, -0.1) is 11.3 Å². The number of hydrogen-bond donors (Lipinski definition) is 0. The number of nitro groups is 1. The maximum absolute atomic E-state index is 10.8. The van der Waals surface area contributed by atoms with Gasteiger partial charge >= 0.3 is 0 Å². The summed E-state index contributed by atoms with van der Waals surface area (Å²) < 4.78 is 1.84. The smallest absolute Gasteiger partial charge is 0.258 e. The maximum atomic E-state index is 10.8. The van der Waals surface area contributed by atoms with E-state index in [0.717, 1.165) is 35.3 Å². The average Bonchev–Trinajstić information content (AvgIpc) is 3.04. The lowest BCUT2D eigenvalue weighted by Gasteiger charge is -2.12. The molecule has 1 aliphatic carbocycles. The summed E-state index contributed by atoms with van der Waals surface area (Å²) in [5.74, 6) is 0.441. The Labute approximate surface area is 150 Å². The summed E-state index contributed by atoms with van der Waals surface area (Å²) in [6, 6.07) is 6.55.